The van der Waals surface area contributed by atoms with Crippen molar-refractivity contribution in [2.45, 2.75) is 32.4 Å². The van der Waals surface area contributed by atoms with E-state index in [-0.39, 0.29) is 17.6 Å². The van der Waals surface area contributed by atoms with E-state index >= 15 is 0 Å². The van der Waals surface area contributed by atoms with Crippen molar-refractivity contribution < 1.29 is 13.2 Å². The van der Waals surface area contributed by atoms with Gasteiger partial charge < -0.3 is 10.1 Å². The summed E-state index contributed by atoms with van der Waals surface area (Å²) in [5, 5.41) is 3.33. The van der Waals surface area contributed by atoms with Gasteiger partial charge in [0.1, 0.15) is 11.9 Å². The molecule has 106 valence electrons. The van der Waals surface area contributed by atoms with E-state index in [9.17, 15) is 8.42 Å². The molecule has 1 N–H and O–H groups in total. The molecule has 1 aliphatic rings. The maximum atomic E-state index is 11.4. The number of rotatable bonds is 6. The third-order valence-electron chi connectivity index (χ3n) is 3.15. The van der Waals surface area contributed by atoms with Crippen LogP contribution in [0.3, 0.4) is 0 Å². The predicted octanol–water partition coefficient (Wildman–Crippen LogP) is 1.75. The summed E-state index contributed by atoms with van der Waals surface area (Å²) in [5.74, 6) is 1.15. The van der Waals surface area contributed by atoms with Crippen molar-refractivity contribution in [2.75, 3.05) is 18.1 Å². The molecule has 1 saturated heterocycles. The maximum absolute atomic E-state index is 11.4. The second-order valence-corrected chi connectivity index (χ2v) is 7.20. The van der Waals surface area contributed by atoms with Crippen molar-refractivity contribution in [1.29, 1.82) is 0 Å². The Morgan fingerprint density at radius 2 is 2.26 bits per heavy atom. The number of benzene rings is 1. The summed E-state index contributed by atoms with van der Waals surface area (Å²) < 4.78 is 28.5. The van der Waals surface area contributed by atoms with Gasteiger partial charge in [-0.1, -0.05) is 19.1 Å². The molecule has 19 heavy (non-hydrogen) atoms. The summed E-state index contributed by atoms with van der Waals surface area (Å²) in [4.78, 5) is 0. The van der Waals surface area contributed by atoms with Crippen LogP contribution in [0.25, 0.3) is 0 Å². The van der Waals surface area contributed by atoms with E-state index in [0.717, 1.165) is 30.8 Å². The molecule has 1 aromatic carbocycles. The Bertz CT molecular complexity index is 513. The normalized spacial score (nSPS) is 21.4. The first-order valence-electron chi connectivity index (χ1n) is 6.76. The fourth-order valence-corrected chi connectivity index (χ4v) is 3.77. The van der Waals surface area contributed by atoms with Gasteiger partial charge in [-0.05, 0) is 37.1 Å². The summed E-state index contributed by atoms with van der Waals surface area (Å²) in [6.45, 7) is 3.94. The molecule has 0 spiro atoms. The van der Waals surface area contributed by atoms with E-state index in [1.54, 1.807) is 0 Å². The molecule has 1 unspecified atom stereocenters. The zero-order valence-corrected chi connectivity index (χ0v) is 12.1. The lowest BCUT2D eigenvalue weighted by atomic mass is 10.2. The van der Waals surface area contributed by atoms with E-state index < -0.39 is 9.84 Å². The van der Waals surface area contributed by atoms with Crippen LogP contribution in [0, 0.1) is 0 Å². The topological polar surface area (TPSA) is 55.4 Å². The molecule has 1 atom stereocenters. The Hall–Kier alpha value is -1.07. The van der Waals surface area contributed by atoms with Gasteiger partial charge in [0.15, 0.2) is 9.84 Å². The molecular formula is C14H21NO3S. The predicted molar refractivity (Wildman–Crippen MR) is 76.1 cm³/mol. The van der Waals surface area contributed by atoms with Crippen LogP contribution in [0.2, 0.25) is 0 Å². The number of hydrogen-bond donors (Lipinski definition) is 1. The number of sulfone groups is 1. The molecule has 5 heteroatoms. The first-order valence-corrected chi connectivity index (χ1v) is 8.58. The van der Waals surface area contributed by atoms with E-state index in [0.29, 0.717) is 6.42 Å². The van der Waals surface area contributed by atoms with Crippen LogP contribution >= 0.6 is 0 Å². The van der Waals surface area contributed by atoms with Crippen LogP contribution in [-0.4, -0.2) is 32.6 Å². The largest absolute Gasteiger partial charge is 0.489 e. The molecule has 4 nitrogen and oxygen atoms in total. The molecule has 1 heterocycles. The Labute approximate surface area is 115 Å². The summed E-state index contributed by atoms with van der Waals surface area (Å²) >= 11 is 0. The third kappa shape index (κ3) is 4.51. The molecule has 0 saturated carbocycles. The minimum atomic E-state index is -2.88. The molecule has 1 aliphatic heterocycles. The average Bonchev–Trinajstić information content (AvgIpc) is 2.69. The Balaban J connectivity index is 1.92. The van der Waals surface area contributed by atoms with Crippen molar-refractivity contribution >= 4 is 9.84 Å². The zero-order chi connectivity index (χ0) is 13.7. The lowest BCUT2D eigenvalue weighted by molar-refractivity contribution is 0.228. The van der Waals surface area contributed by atoms with Crippen LogP contribution in [0.5, 0.6) is 5.75 Å². The molecule has 1 aromatic rings. The number of nitrogens with one attached hydrogen (secondary N) is 1. The average molecular weight is 283 g/mol. The van der Waals surface area contributed by atoms with Gasteiger partial charge >= 0.3 is 0 Å². The molecular weight excluding hydrogens is 262 g/mol. The highest BCUT2D eigenvalue weighted by Crippen LogP contribution is 2.20. The van der Waals surface area contributed by atoms with E-state index in [2.05, 4.69) is 12.2 Å². The van der Waals surface area contributed by atoms with Crippen LogP contribution in [0.1, 0.15) is 25.3 Å². The molecule has 2 rings (SSSR count). The van der Waals surface area contributed by atoms with E-state index in [4.69, 9.17) is 4.74 Å². The maximum Gasteiger partial charge on any atom is 0.154 e. The Morgan fingerprint density at radius 3 is 2.95 bits per heavy atom. The fourth-order valence-electron chi connectivity index (χ4n) is 2.18. The van der Waals surface area contributed by atoms with Gasteiger partial charge in [0.05, 0.1) is 11.5 Å². The fraction of sp³-hybridized carbons (Fsp3) is 0.571. The summed E-state index contributed by atoms with van der Waals surface area (Å²) in [6, 6.07) is 7.85. The van der Waals surface area contributed by atoms with Crippen molar-refractivity contribution in [3.05, 3.63) is 29.8 Å². The minimum Gasteiger partial charge on any atom is -0.489 e. The molecule has 0 aliphatic carbocycles. The van der Waals surface area contributed by atoms with Gasteiger partial charge in [0.25, 0.3) is 0 Å². The minimum absolute atomic E-state index is 0.144. The van der Waals surface area contributed by atoms with Crippen LogP contribution in [0.4, 0.5) is 0 Å². The smallest absolute Gasteiger partial charge is 0.154 e. The lowest BCUT2D eigenvalue weighted by Crippen LogP contribution is -2.18. The van der Waals surface area contributed by atoms with Gasteiger partial charge in [-0.15, -0.1) is 0 Å². The van der Waals surface area contributed by atoms with E-state index in [1.807, 2.05) is 24.3 Å². The molecule has 0 aromatic heterocycles. The highest BCUT2D eigenvalue weighted by atomic mass is 32.2. The summed E-state index contributed by atoms with van der Waals surface area (Å²) in [6.07, 6.45) is 1.51. The number of ether oxygens (including phenoxy) is 1. The van der Waals surface area contributed by atoms with Gasteiger partial charge in [0, 0.05) is 6.54 Å². The molecule has 0 radical (unpaired) electrons. The molecule has 0 amide bonds. The van der Waals surface area contributed by atoms with Crippen molar-refractivity contribution in [1.82, 2.24) is 5.32 Å². The standard InChI is InChI=1S/C14H21NO3S/c1-2-7-15-10-12-4-3-5-13(9-12)18-14-6-8-19(16,17)11-14/h3-5,9,14-15H,2,6-8,10-11H2,1H3. The van der Waals surface area contributed by atoms with Crippen LogP contribution in [0.15, 0.2) is 24.3 Å². The summed E-state index contributed by atoms with van der Waals surface area (Å²) in [7, 11) is -2.88. The Morgan fingerprint density at radius 1 is 1.42 bits per heavy atom. The highest BCUT2D eigenvalue weighted by Gasteiger charge is 2.29. The summed E-state index contributed by atoms with van der Waals surface area (Å²) in [5.41, 5.74) is 1.16. The highest BCUT2D eigenvalue weighted by molar-refractivity contribution is 7.91. The molecule has 0 bridgehead atoms. The first-order chi connectivity index (χ1) is 9.09. The SMILES string of the molecule is CCCNCc1cccc(OC2CCS(=O)(=O)C2)c1. The van der Waals surface area contributed by atoms with Gasteiger partial charge in [-0.2, -0.15) is 0 Å². The van der Waals surface area contributed by atoms with E-state index in [1.165, 1.54) is 0 Å². The first kappa shape index (κ1) is 14.3. The van der Waals surface area contributed by atoms with Crippen molar-refractivity contribution in [2.24, 2.45) is 0 Å². The van der Waals surface area contributed by atoms with Gasteiger partial charge in [-0.25, -0.2) is 8.42 Å². The quantitative estimate of drug-likeness (QED) is 0.808. The van der Waals surface area contributed by atoms with Crippen LogP contribution < -0.4 is 10.1 Å². The van der Waals surface area contributed by atoms with Gasteiger partial charge in [0.2, 0.25) is 0 Å². The third-order valence-corrected chi connectivity index (χ3v) is 4.89. The lowest BCUT2D eigenvalue weighted by Gasteiger charge is -2.13. The van der Waals surface area contributed by atoms with Crippen molar-refractivity contribution in [3.8, 4) is 5.75 Å². The second-order valence-electron chi connectivity index (χ2n) is 4.97. The van der Waals surface area contributed by atoms with Crippen molar-refractivity contribution in [3.63, 3.8) is 0 Å². The zero-order valence-electron chi connectivity index (χ0n) is 11.3. The number of hydrogen-bond acceptors (Lipinski definition) is 4. The monoisotopic (exact) mass is 283 g/mol. The second kappa shape index (κ2) is 6.39. The molecule has 1 fully saturated rings. The van der Waals surface area contributed by atoms with Gasteiger partial charge in [-0.3, -0.25) is 0 Å². The van der Waals surface area contributed by atoms with Crippen LogP contribution in [-0.2, 0) is 16.4 Å². The Kier molecular flexibility index (Phi) is 4.82.